The van der Waals surface area contributed by atoms with Crippen molar-refractivity contribution >= 4 is 33.2 Å². The first-order valence-electron chi connectivity index (χ1n) is 9.21. The highest BCUT2D eigenvalue weighted by Gasteiger charge is 2.27. The van der Waals surface area contributed by atoms with Gasteiger partial charge in [-0.05, 0) is 54.4 Å². The van der Waals surface area contributed by atoms with E-state index in [0.717, 1.165) is 9.87 Å². The van der Waals surface area contributed by atoms with Crippen molar-refractivity contribution in [2.24, 2.45) is 0 Å². The molecule has 1 N–H and O–H groups in total. The van der Waals surface area contributed by atoms with Crippen molar-refractivity contribution in [3.63, 3.8) is 0 Å². The molecular weight excluding hydrogens is 427 g/mol. The second-order valence-electron chi connectivity index (χ2n) is 6.53. The summed E-state index contributed by atoms with van der Waals surface area (Å²) in [4.78, 5) is 12.6. The molecule has 30 heavy (non-hydrogen) atoms. The summed E-state index contributed by atoms with van der Waals surface area (Å²) < 4.78 is 40.4. The number of hydrogen-bond acceptors (Lipinski definition) is 3. The zero-order chi connectivity index (χ0) is 21.6. The first kappa shape index (κ1) is 21.8. The van der Waals surface area contributed by atoms with Crippen molar-refractivity contribution in [3.8, 4) is 0 Å². The van der Waals surface area contributed by atoms with Gasteiger partial charge < -0.3 is 5.32 Å². The third-order valence-corrected chi connectivity index (χ3v) is 6.39. The minimum Gasteiger partial charge on any atom is -0.354 e. The van der Waals surface area contributed by atoms with Crippen molar-refractivity contribution in [2.45, 2.75) is 11.3 Å². The van der Waals surface area contributed by atoms with E-state index in [0.29, 0.717) is 23.7 Å². The lowest BCUT2D eigenvalue weighted by Gasteiger charge is -2.24. The highest BCUT2D eigenvalue weighted by atomic mass is 35.5. The molecule has 3 aromatic rings. The second kappa shape index (κ2) is 9.73. The largest absolute Gasteiger partial charge is 0.354 e. The maximum absolute atomic E-state index is 13.2. The van der Waals surface area contributed by atoms with Crippen molar-refractivity contribution in [3.05, 3.63) is 95.3 Å². The summed E-state index contributed by atoms with van der Waals surface area (Å²) in [5.74, 6) is -0.789. The predicted molar refractivity (Wildman–Crippen MR) is 116 cm³/mol. The molecule has 8 heteroatoms. The number of amides is 1. The van der Waals surface area contributed by atoms with E-state index in [4.69, 9.17) is 11.6 Å². The monoisotopic (exact) mass is 446 g/mol. The average molecular weight is 447 g/mol. The molecular formula is C22H20ClFN2O3S. The molecule has 0 saturated carbocycles. The summed E-state index contributed by atoms with van der Waals surface area (Å²) in [5, 5.41) is 3.07. The summed E-state index contributed by atoms with van der Waals surface area (Å²) in [6.45, 7) is -0.111. The predicted octanol–water partition coefficient (Wildman–Crippen LogP) is 4.03. The van der Waals surface area contributed by atoms with Gasteiger partial charge in [-0.1, -0.05) is 48.0 Å². The molecule has 0 aromatic heterocycles. The van der Waals surface area contributed by atoms with Crippen molar-refractivity contribution in [1.29, 1.82) is 0 Å². The summed E-state index contributed by atoms with van der Waals surface area (Å²) >= 11 is 6.04. The van der Waals surface area contributed by atoms with Crippen molar-refractivity contribution in [2.75, 3.05) is 17.4 Å². The van der Waals surface area contributed by atoms with E-state index in [9.17, 15) is 17.6 Å². The molecule has 0 fully saturated rings. The lowest BCUT2D eigenvalue weighted by Crippen LogP contribution is -2.41. The zero-order valence-corrected chi connectivity index (χ0v) is 17.5. The van der Waals surface area contributed by atoms with Crippen LogP contribution >= 0.6 is 11.6 Å². The summed E-state index contributed by atoms with van der Waals surface area (Å²) in [7, 11) is -3.98. The fraction of sp³-hybridized carbons (Fsp3) is 0.136. The van der Waals surface area contributed by atoms with Crippen LogP contribution < -0.4 is 9.62 Å². The average Bonchev–Trinajstić information content (AvgIpc) is 2.74. The summed E-state index contributed by atoms with van der Waals surface area (Å²) in [6.07, 6.45) is 0.495. The number of rotatable bonds is 8. The number of carbonyl (C=O) groups is 1. The van der Waals surface area contributed by atoms with Crippen LogP contribution in [0.15, 0.2) is 83.8 Å². The van der Waals surface area contributed by atoms with Crippen LogP contribution in [0.4, 0.5) is 10.1 Å². The third-order valence-electron chi connectivity index (χ3n) is 4.36. The number of sulfonamides is 1. The number of carbonyl (C=O) groups excluding carboxylic acids is 1. The molecule has 1 amide bonds. The van der Waals surface area contributed by atoms with Gasteiger partial charge in [-0.3, -0.25) is 9.10 Å². The van der Waals surface area contributed by atoms with E-state index in [1.165, 1.54) is 30.3 Å². The van der Waals surface area contributed by atoms with E-state index in [1.807, 2.05) is 0 Å². The molecule has 5 nitrogen and oxygen atoms in total. The van der Waals surface area contributed by atoms with Gasteiger partial charge in [-0.25, -0.2) is 12.8 Å². The molecule has 0 unspecified atom stereocenters. The van der Waals surface area contributed by atoms with Crippen LogP contribution in [0.1, 0.15) is 5.56 Å². The van der Waals surface area contributed by atoms with Gasteiger partial charge in [0.25, 0.3) is 10.0 Å². The number of nitrogens with one attached hydrogen (secondary N) is 1. The van der Waals surface area contributed by atoms with E-state index in [-0.39, 0.29) is 10.7 Å². The summed E-state index contributed by atoms with van der Waals surface area (Å²) in [5.41, 5.74) is 1.15. The number of halogens is 2. The van der Waals surface area contributed by atoms with Gasteiger partial charge >= 0.3 is 0 Å². The van der Waals surface area contributed by atoms with E-state index in [1.54, 1.807) is 48.5 Å². The van der Waals surface area contributed by atoms with Crippen LogP contribution in [0.3, 0.4) is 0 Å². The Balaban J connectivity index is 1.75. The maximum Gasteiger partial charge on any atom is 0.264 e. The fourth-order valence-corrected chi connectivity index (χ4v) is 4.47. The number of benzene rings is 3. The molecule has 156 valence electrons. The van der Waals surface area contributed by atoms with Gasteiger partial charge in [0, 0.05) is 11.6 Å². The lowest BCUT2D eigenvalue weighted by atomic mass is 10.1. The first-order valence-corrected chi connectivity index (χ1v) is 11.0. The topological polar surface area (TPSA) is 66.5 Å². The smallest absolute Gasteiger partial charge is 0.264 e. The standard InChI is InChI=1S/C22H20ClFN2O3S/c23-18-5-4-6-20(15-18)26(30(28,29)21-7-2-1-3-8-21)16-22(27)25-14-13-17-9-11-19(24)12-10-17/h1-12,15H,13-14,16H2,(H,25,27). The highest BCUT2D eigenvalue weighted by Crippen LogP contribution is 2.25. The van der Waals surface area contributed by atoms with Crippen LogP contribution in [-0.2, 0) is 21.2 Å². The Kier molecular flexibility index (Phi) is 7.07. The van der Waals surface area contributed by atoms with Crippen LogP contribution in [0.5, 0.6) is 0 Å². The van der Waals surface area contributed by atoms with E-state index >= 15 is 0 Å². The summed E-state index contributed by atoms with van der Waals surface area (Å²) in [6, 6.07) is 20.2. The van der Waals surface area contributed by atoms with Gasteiger partial charge in [-0.2, -0.15) is 0 Å². The molecule has 0 aliphatic rings. The van der Waals surface area contributed by atoms with Crippen LogP contribution in [-0.4, -0.2) is 27.4 Å². The molecule has 0 atom stereocenters. The van der Waals surface area contributed by atoms with Crippen molar-refractivity contribution < 1.29 is 17.6 Å². The quantitative estimate of drug-likeness (QED) is 0.568. The van der Waals surface area contributed by atoms with Gasteiger partial charge in [0.15, 0.2) is 0 Å². The Morgan fingerprint density at radius 3 is 2.33 bits per heavy atom. The van der Waals surface area contributed by atoms with Crippen LogP contribution in [0.25, 0.3) is 0 Å². The highest BCUT2D eigenvalue weighted by molar-refractivity contribution is 7.92. The van der Waals surface area contributed by atoms with Crippen LogP contribution in [0.2, 0.25) is 5.02 Å². The van der Waals surface area contributed by atoms with Gasteiger partial charge in [0.1, 0.15) is 12.4 Å². The molecule has 3 aromatic carbocycles. The second-order valence-corrected chi connectivity index (χ2v) is 8.83. The molecule has 0 spiro atoms. The molecule has 0 saturated heterocycles. The Morgan fingerprint density at radius 1 is 0.967 bits per heavy atom. The van der Waals surface area contributed by atoms with Gasteiger partial charge in [0.2, 0.25) is 5.91 Å². The first-order chi connectivity index (χ1) is 14.4. The number of nitrogens with zero attached hydrogens (tertiary/aromatic N) is 1. The molecule has 0 aliphatic carbocycles. The van der Waals surface area contributed by atoms with Gasteiger partial charge in [-0.15, -0.1) is 0 Å². The number of anilines is 1. The van der Waals surface area contributed by atoms with Crippen molar-refractivity contribution in [1.82, 2.24) is 5.32 Å². The fourth-order valence-electron chi connectivity index (χ4n) is 2.85. The van der Waals surface area contributed by atoms with E-state index in [2.05, 4.69) is 5.32 Å². The molecule has 0 radical (unpaired) electrons. The molecule has 3 rings (SSSR count). The minimum atomic E-state index is -3.98. The Hall–Kier alpha value is -2.90. The molecule has 0 aliphatic heterocycles. The van der Waals surface area contributed by atoms with Crippen LogP contribution in [0, 0.1) is 5.82 Å². The maximum atomic E-state index is 13.2. The SMILES string of the molecule is O=C(CN(c1cccc(Cl)c1)S(=O)(=O)c1ccccc1)NCCc1ccc(F)cc1. The molecule has 0 heterocycles. The van der Waals surface area contributed by atoms with E-state index < -0.39 is 22.5 Å². The normalized spacial score (nSPS) is 11.1. The minimum absolute atomic E-state index is 0.0732. The lowest BCUT2D eigenvalue weighted by molar-refractivity contribution is -0.119. The number of hydrogen-bond donors (Lipinski definition) is 1. The zero-order valence-electron chi connectivity index (χ0n) is 16.0. The Morgan fingerprint density at radius 2 is 1.67 bits per heavy atom. The Bertz CT molecular complexity index is 1110. The Labute approximate surface area is 180 Å². The molecule has 0 bridgehead atoms. The van der Waals surface area contributed by atoms with Gasteiger partial charge in [0.05, 0.1) is 10.6 Å². The third kappa shape index (κ3) is 5.58.